The summed E-state index contributed by atoms with van der Waals surface area (Å²) >= 11 is 3.30. The minimum atomic E-state index is -0.00891. The number of nitrogens with zero attached hydrogens (tertiary/aromatic N) is 4. The van der Waals surface area contributed by atoms with Gasteiger partial charge >= 0.3 is 0 Å². The summed E-state index contributed by atoms with van der Waals surface area (Å²) in [6, 6.07) is 9.95. The topological polar surface area (TPSA) is 87.1 Å². The summed E-state index contributed by atoms with van der Waals surface area (Å²) in [6.07, 6.45) is 3.58. The predicted octanol–water partition coefficient (Wildman–Crippen LogP) is 2.75. The Morgan fingerprint density at radius 1 is 1.31 bits per heavy atom. The van der Waals surface area contributed by atoms with Crippen molar-refractivity contribution in [3.8, 4) is 5.00 Å². The molecule has 8 nitrogen and oxygen atoms in total. The van der Waals surface area contributed by atoms with Gasteiger partial charge in [0.25, 0.3) is 0 Å². The van der Waals surface area contributed by atoms with Crippen molar-refractivity contribution in [2.75, 3.05) is 17.4 Å². The van der Waals surface area contributed by atoms with E-state index in [0.717, 1.165) is 29.5 Å². The first-order chi connectivity index (χ1) is 15.7. The first-order valence-corrected chi connectivity index (χ1v) is 12.8. The van der Waals surface area contributed by atoms with Gasteiger partial charge in [-0.15, -0.1) is 21.5 Å². The number of carbonyl (C=O) groups is 1. The Balaban J connectivity index is 1.26. The van der Waals surface area contributed by atoms with Crippen molar-refractivity contribution in [2.24, 2.45) is 5.92 Å². The second-order valence-corrected chi connectivity index (χ2v) is 10.6. The second kappa shape index (κ2) is 8.18. The van der Waals surface area contributed by atoms with Crippen molar-refractivity contribution >= 4 is 35.0 Å². The maximum Gasteiger partial charge on any atom is 0.249 e. The van der Waals surface area contributed by atoms with E-state index in [0.29, 0.717) is 24.9 Å². The quantitative estimate of drug-likeness (QED) is 0.498. The third kappa shape index (κ3) is 3.42. The van der Waals surface area contributed by atoms with Crippen LogP contribution in [0.3, 0.4) is 0 Å². The van der Waals surface area contributed by atoms with E-state index in [1.807, 2.05) is 41.7 Å². The molecule has 0 bridgehead atoms. The van der Waals surface area contributed by atoms with Gasteiger partial charge in [0, 0.05) is 17.0 Å². The molecule has 1 saturated heterocycles. The summed E-state index contributed by atoms with van der Waals surface area (Å²) < 4.78 is 2.13. The third-order valence-corrected chi connectivity index (χ3v) is 8.53. The molecule has 32 heavy (non-hydrogen) atoms. The van der Waals surface area contributed by atoms with Crippen LogP contribution < -0.4 is 21.1 Å². The Morgan fingerprint density at radius 2 is 2.19 bits per heavy atom. The van der Waals surface area contributed by atoms with Gasteiger partial charge in [0.1, 0.15) is 11.2 Å². The monoisotopic (exact) mass is 467 g/mol. The molecule has 3 aliphatic rings. The van der Waals surface area contributed by atoms with E-state index in [1.54, 1.807) is 0 Å². The van der Waals surface area contributed by atoms with Crippen LogP contribution in [0.25, 0.3) is 5.00 Å². The van der Waals surface area contributed by atoms with E-state index in [4.69, 9.17) is 0 Å². The van der Waals surface area contributed by atoms with Gasteiger partial charge < -0.3 is 5.32 Å². The zero-order valence-electron chi connectivity index (χ0n) is 17.8. The lowest BCUT2D eigenvalue weighted by molar-refractivity contribution is -0.118. The summed E-state index contributed by atoms with van der Waals surface area (Å²) in [4.78, 5) is 14.0. The van der Waals surface area contributed by atoms with Gasteiger partial charge in [0.05, 0.1) is 12.4 Å². The highest BCUT2D eigenvalue weighted by atomic mass is 32.2. The van der Waals surface area contributed by atoms with Crippen molar-refractivity contribution in [2.45, 2.75) is 44.1 Å². The number of aromatic nitrogens is 3. The molecule has 2 atom stereocenters. The Labute approximate surface area is 194 Å². The molecule has 6 rings (SSSR count). The predicted molar refractivity (Wildman–Crippen MR) is 126 cm³/mol. The van der Waals surface area contributed by atoms with Crippen LogP contribution in [0, 0.1) is 5.92 Å². The van der Waals surface area contributed by atoms with Crippen molar-refractivity contribution in [3.63, 3.8) is 0 Å². The number of carbonyl (C=O) groups excluding carboxylic acids is 1. The Kier molecular flexibility index (Phi) is 5.17. The Morgan fingerprint density at radius 3 is 3.06 bits per heavy atom. The lowest BCUT2D eigenvalue weighted by Gasteiger charge is -2.31. The van der Waals surface area contributed by atoms with Crippen LogP contribution in [0.5, 0.6) is 0 Å². The van der Waals surface area contributed by atoms with Gasteiger partial charge in [-0.1, -0.05) is 49.0 Å². The van der Waals surface area contributed by atoms with Crippen LogP contribution in [0.2, 0.25) is 0 Å². The normalized spacial score (nSPS) is 21.0. The number of rotatable bonds is 5. The average Bonchev–Trinajstić information content (AvgIpc) is 3.52. The summed E-state index contributed by atoms with van der Waals surface area (Å²) in [6.45, 7) is 3.57. The number of amides is 1. The minimum absolute atomic E-state index is 0.00891. The van der Waals surface area contributed by atoms with Crippen LogP contribution in [0.4, 0.5) is 5.95 Å². The number of thioether (sulfide) groups is 1. The molecule has 0 spiro atoms. The molecule has 1 aromatic carbocycles. The van der Waals surface area contributed by atoms with Gasteiger partial charge in [0.15, 0.2) is 5.16 Å². The lowest BCUT2D eigenvalue weighted by atomic mass is 9.87. The highest BCUT2D eigenvalue weighted by molar-refractivity contribution is 7.99. The highest BCUT2D eigenvalue weighted by Gasteiger charge is 2.42. The first kappa shape index (κ1) is 20.2. The number of aryl methyl sites for hydroxylation is 1. The molecule has 3 aromatic rings. The smallest absolute Gasteiger partial charge is 0.249 e. The summed E-state index contributed by atoms with van der Waals surface area (Å²) in [5.74, 6) is 1.78. The molecule has 1 fully saturated rings. The van der Waals surface area contributed by atoms with Crippen LogP contribution in [0.15, 0.2) is 35.5 Å². The zero-order valence-corrected chi connectivity index (χ0v) is 19.4. The van der Waals surface area contributed by atoms with Crippen LogP contribution in [-0.2, 0) is 24.2 Å². The number of hydrogen-bond donors (Lipinski definition) is 3. The summed E-state index contributed by atoms with van der Waals surface area (Å²) in [5, 5.41) is 19.6. The minimum Gasteiger partial charge on any atom is -0.351 e. The zero-order chi connectivity index (χ0) is 21.7. The van der Waals surface area contributed by atoms with E-state index in [-0.39, 0.29) is 12.1 Å². The number of hydrogen-bond acceptors (Lipinski definition) is 8. The molecular weight excluding hydrogens is 442 g/mol. The fourth-order valence-electron chi connectivity index (χ4n) is 4.71. The number of anilines is 1. The number of nitrogens with one attached hydrogen (secondary N) is 3. The highest BCUT2D eigenvalue weighted by Crippen LogP contribution is 2.48. The molecule has 3 N–H and O–H groups in total. The van der Waals surface area contributed by atoms with Crippen LogP contribution in [0.1, 0.15) is 41.1 Å². The van der Waals surface area contributed by atoms with E-state index < -0.39 is 0 Å². The van der Waals surface area contributed by atoms with E-state index in [1.165, 1.54) is 39.2 Å². The molecule has 2 aliphatic heterocycles. The number of fused-ring (bicyclic) bond motifs is 8. The molecule has 10 heteroatoms. The van der Waals surface area contributed by atoms with Gasteiger partial charge in [-0.2, -0.15) is 0 Å². The largest absolute Gasteiger partial charge is 0.351 e. The van der Waals surface area contributed by atoms with Crippen molar-refractivity contribution < 1.29 is 4.79 Å². The van der Waals surface area contributed by atoms with E-state index >= 15 is 0 Å². The second-order valence-electron chi connectivity index (χ2n) is 8.55. The molecule has 0 radical (unpaired) electrons. The fraction of sp³-hybridized carbons (Fsp3) is 0.409. The van der Waals surface area contributed by atoms with Crippen molar-refractivity contribution in [1.29, 1.82) is 0 Å². The number of benzene rings is 1. The maximum atomic E-state index is 12.5. The molecule has 0 saturated carbocycles. The van der Waals surface area contributed by atoms with Crippen LogP contribution in [-0.4, -0.2) is 33.1 Å². The lowest BCUT2D eigenvalue weighted by Crippen LogP contribution is -2.39. The average molecular weight is 468 g/mol. The van der Waals surface area contributed by atoms with Gasteiger partial charge in [-0.25, -0.2) is 9.99 Å². The fourth-order valence-corrected chi connectivity index (χ4v) is 6.90. The summed E-state index contributed by atoms with van der Waals surface area (Å²) in [5.41, 5.74) is 7.33. The Hall–Kier alpha value is -2.40. The van der Waals surface area contributed by atoms with Crippen molar-refractivity contribution in [1.82, 2.24) is 30.8 Å². The molecule has 1 unspecified atom stereocenters. The molecule has 1 amide bonds. The van der Waals surface area contributed by atoms with Gasteiger partial charge in [-0.05, 0) is 36.3 Å². The molecule has 2 aromatic heterocycles. The van der Waals surface area contributed by atoms with E-state index in [9.17, 15) is 4.79 Å². The Bertz CT molecular complexity index is 1160. The molecule has 1 aliphatic carbocycles. The molecule has 4 heterocycles. The van der Waals surface area contributed by atoms with Crippen LogP contribution >= 0.6 is 23.1 Å². The maximum absolute atomic E-state index is 12.5. The molecular formula is C22H25N7OS2. The van der Waals surface area contributed by atoms with Crippen molar-refractivity contribution in [3.05, 3.63) is 51.9 Å². The van der Waals surface area contributed by atoms with Gasteiger partial charge in [-0.3, -0.25) is 15.1 Å². The third-order valence-electron chi connectivity index (χ3n) is 6.30. The molecule has 166 valence electrons. The summed E-state index contributed by atoms with van der Waals surface area (Å²) in [7, 11) is 0. The van der Waals surface area contributed by atoms with Gasteiger partial charge in [0.2, 0.25) is 11.9 Å². The SMILES string of the molecule is C[C@H]1CCc2sc3c(c2C1)C1NCNN1c1nnc(SCC(=O)NCc2ccccc2)n1-3. The first-order valence-electron chi connectivity index (χ1n) is 11.0. The standard InChI is InChI=1S/C22H25N7OS2/c1-13-7-8-16-15(9-13)18-19-24-12-25-29(19)21-26-27-22(28(21)20(18)32-16)31-11-17(30)23-10-14-5-3-2-4-6-14/h2-6,13,19,24-25H,7-12H2,1H3,(H,23,30)/t13-,19?/m0/s1. The van der Waals surface area contributed by atoms with E-state index in [2.05, 4.69) is 42.8 Å². The number of thiophene rings is 1. The number of hydrazine groups is 1.